The number of nitrogens with zero attached hydrogens (tertiary/aromatic N) is 10. The molecule has 12 nitrogen and oxygen atoms in total. The fourth-order valence-corrected chi connectivity index (χ4v) is 19.9. The standard InChI is InChI=1S/C63H39N5O.C57H35N5O/c1-3-16-40(17-4-1)61-64-62(41-18-5-2-6-19-41)66-63(65-61)45-22-13-20-42(36-45)43-21-14-23-46(37-43)67-56-30-11-8-25-50(56)54-39-47(33-35-58(54)67)68-55-29-10-7-24-49(55)53-38-44(32-34-57(53)68)48-27-15-28-52-51-26-9-12-31-59(51)69-60(48)52;1-3-15-36(16-4-1)55-58-56(37-17-5-2-6-18-37)60-57(59-55)39-19-13-20-40(33-39)61-50-27-11-8-22-44(50)48-35-41(30-32-52(48)61)62-49-26-10-7-21-43(49)47-34-38(29-31-51(47)62)42-24-14-25-46-45-23-9-12-28-53(45)63-54(42)46/h1-39H;1-35H. The molecule has 0 amide bonds. The van der Waals surface area contributed by atoms with E-state index in [9.17, 15) is 0 Å². The van der Waals surface area contributed by atoms with E-state index in [1.54, 1.807) is 0 Å². The van der Waals surface area contributed by atoms with Crippen molar-refractivity contribution in [3.05, 3.63) is 449 Å². The highest BCUT2D eigenvalue weighted by molar-refractivity contribution is 6.18. The van der Waals surface area contributed by atoms with Crippen molar-refractivity contribution in [2.45, 2.75) is 0 Å². The summed E-state index contributed by atoms with van der Waals surface area (Å²) in [6, 6.07) is 158. The van der Waals surface area contributed by atoms with E-state index < -0.39 is 0 Å². The lowest BCUT2D eigenvalue weighted by Crippen LogP contribution is -2.01. The van der Waals surface area contributed by atoms with Crippen molar-refractivity contribution in [2.24, 2.45) is 0 Å². The first-order valence-electron chi connectivity index (χ1n) is 44.4. The van der Waals surface area contributed by atoms with E-state index in [0.717, 1.165) is 178 Å². The molecule has 0 unspecified atom stereocenters. The molecule has 8 heterocycles. The van der Waals surface area contributed by atoms with Crippen LogP contribution in [0.5, 0.6) is 0 Å². The molecule has 616 valence electrons. The Bertz CT molecular complexity index is 9190. The zero-order valence-electron chi connectivity index (χ0n) is 71.0. The second-order valence-corrected chi connectivity index (χ2v) is 33.6. The van der Waals surface area contributed by atoms with E-state index in [1.807, 2.05) is 146 Å². The van der Waals surface area contributed by atoms with Crippen LogP contribution in [0.15, 0.2) is 458 Å². The number of benzene rings is 19. The molecule has 0 saturated carbocycles. The Balaban J connectivity index is 0.000000139. The summed E-state index contributed by atoms with van der Waals surface area (Å²) in [6.45, 7) is 0. The molecule has 132 heavy (non-hydrogen) atoms. The monoisotopic (exact) mass is 1690 g/mol. The van der Waals surface area contributed by atoms with Crippen LogP contribution in [0, 0.1) is 0 Å². The summed E-state index contributed by atoms with van der Waals surface area (Å²) in [5, 5.41) is 14.1. The largest absolute Gasteiger partial charge is 0.455 e. The van der Waals surface area contributed by atoms with Gasteiger partial charge in [0.15, 0.2) is 34.9 Å². The van der Waals surface area contributed by atoms with Crippen LogP contribution in [0.3, 0.4) is 0 Å². The van der Waals surface area contributed by atoms with Crippen LogP contribution in [0.25, 0.3) is 256 Å². The Labute approximate surface area is 756 Å². The number of rotatable bonds is 13. The molecule has 12 heteroatoms. The van der Waals surface area contributed by atoms with Crippen LogP contribution in [-0.2, 0) is 0 Å². The highest BCUT2D eigenvalue weighted by atomic mass is 16.3. The van der Waals surface area contributed by atoms with Crippen LogP contribution in [-0.4, -0.2) is 48.2 Å². The number of hydrogen-bond acceptors (Lipinski definition) is 8. The molecule has 27 aromatic rings. The second kappa shape index (κ2) is 31.0. The maximum atomic E-state index is 6.49. The molecule has 0 spiro atoms. The third-order valence-electron chi connectivity index (χ3n) is 25.9. The van der Waals surface area contributed by atoms with Crippen molar-refractivity contribution in [3.63, 3.8) is 0 Å². The molecule has 0 saturated heterocycles. The Morgan fingerprint density at radius 3 is 0.773 bits per heavy atom. The summed E-state index contributed by atoms with van der Waals surface area (Å²) in [7, 11) is 0. The first-order chi connectivity index (χ1) is 65.4. The van der Waals surface area contributed by atoms with E-state index in [-0.39, 0.29) is 0 Å². The first-order valence-corrected chi connectivity index (χ1v) is 44.4. The minimum atomic E-state index is 0.622. The van der Waals surface area contributed by atoms with Gasteiger partial charge in [0, 0.05) is 132 Å². The van der Waals surface area contributed by atoms with Gasteiger partial charge in [-0.2, -0.15) is 0 Å². The topological polar surface area (TPSA) is 123 Å². The zero-order chi connectivity index (χ0) is 86.9. The third-order valence-corrected chi connectivity index (χ3v) is 25.9. The lowest BCUT2D eigenvalue weighted by Gasteiger charge is -2.12. The van der Waals surface area contributed by atoms with E-state index in [4.69, 9.17) is 38.7 Å². The predicted molar refractivity (Wildman–Crippen MR) is 540 cm³/mol. The highest BCUT2D eigenvalue weighted by Gasteiger charge is 2.25. The molecule has 0 radical (unpaired) electrons. The molecule has 0 aliphatic carbocycles. The molecule has 0 aliphatic heterocycles. The Morgan fingerprint density at radius 1 is 0.144 bits per heavy atom. The van der Waals surface area contributed by atoms with Gasteiger partial charge in [0.25, 0.3) is 0 Å². The average Bonchev–Trinajstić information content (AvgIpc) is 1.57. The normalized spacial score (nSPS) is 11.8. The molecule has 0 atom stereocenters. The van der Waals surface area contributed by atoms with Crippen LogP contribution in [0.2, 0.25) is 0 Å². The Kier molecular flexibility index (Phi) is 17.7. The van der Waals surface area contributed by atoms with Gasteiger partial charge >= 0.3 is 0 Å². The second-order valence-electron chi connectivity index (χ2n) is 33.6. The first kappa shape index (κ1) is 75.3. The van der Waals surface area contributed by atoms with E-state index in [2.05, 4.69) is 322 Å². The summed E-state index contributed by atoms with van der Waals surface area (Å²) in [6.07, 6.45) is 0. The van der Waals surface area contributed by atoms with Gasteiger partial charge in [-0.05, 0) is 150 Å². The van der Waals surface area contributed by atoms with Crippen molar-refractivity contribution in [1.82, 2.24) is 48.2 Å². The molecule has 8 aromatic heterocycles. The van der Waals surface area contributed by atoms with Gasteiger partial charge in [-0.15, -0.1) is 0 Å². The summed E-state index contributed by atoms with van der Waals surface area (Å²) in [4.78, 5) is 30.0. The SMILES string of the molecule is c1ccc(-c2nc(-c3ccccc3)nc(-c3cccc(-c4cccc(-n5c6ccccc6c6cc(-n7c8ccccc8c8cc(-c9cccc%10c9oc9ccccc9%10)ccc87)ccc65)c4)c3)n2)cc1.c1ccc(-c2nc(-c3ccccc3)nc(-c3cccc(-n4c5ccccc5c5cc(-n6c7ccccc7c7cc(-c8cccc9c8oc8ccccc89)ccc76)ccc54)c3)n2)cc1. The van der Waals surface area contributed by atoms with E-state index in [0.29, 0.717) is 34.9 Å². The summed E-state index contributed by atoms with van der Waals surface area (Å²) >= 11 is 0. The van der Waals surface area contributed by atoms with Crippen molar-refractivity contribution in [3.8, 4) is 124 Å². The number of para-hydroxylation sites is 8. The number of hydrogen-bond donors (Lipinski definition) is 0. The lowest BCUT2D eigenvalue weighted by atomic mass is 10.0. The molecule has 0 N–H and O–H groups in total. The fourth-order valence-electron chi connectivity index (χ4n) is 19.9. The van der Waals surface area contributed by atoms with Crippen molar-refractivity contribution in [2.75, 3.05) is 0 Å². The van der Waals surface area contributed by atoms with Gasteiger partial charge in [0.05, 0.1) is 44.1 Å². The molecular weight excluding hydrogens is 1610 g/mol. The van der Waals surface area contributed by atoms with Gasteiger partial charge in [0.1, 0.15) is 22.3 Å². The van der Waals surface area contributed by atoms with Crippen LogP contribution >= 0.6 is 0 Å². The molecule has 27 rings (SSSR count). The van der Waals surface area contributed by atoms with Gasteiger partial charge in [-0.25, -0.2) is 29.9 Å². The minimum Gasteiger partial charge on any atom is -0.455 e. The van der Waals surface area contributed by atoms with Crippen LogP contribution < -0.4 is 0 Å². The van der Waals surface area contributed by atoms with Gasteiger partial charge in [-0.3, -0.25) is 0 Å². The predicted octanol–water partition coefficient (Wildman–Crippen LogP) is 30.9. The van der Waals surface area contributed by atoms with Crippen molar-refractivity contribution in [1.29, 1.82) is 0 Å². The molecular formula is C120H74N10O2. The van der Waals surface area contributed by atoms with Crippen LogP contribution in [0.1, 0.15) is 0 Å². The average molecular weight is 1690 g/mol. The molecule has 19 aromatic carbocycles. The van der Waals surface area contributed by atoms with Gasteiger partial charge in [-0.1, -0.05) is 322 Å². The number of fused-ring (bicyclic) bond motifs is 18. The van der Waals surface area contributed by atoms with Gasteiger partial charge in [0.2, 0.25) is 0 Å². The molecule has 0 fully saturated rings. The highest BCUT2D eigenvalue weighted by Crippen LogP contribution is 2.46. The maximum absolute atomic E-state index is 6.49. The van der Waals surface area contributed by atoms with E-state index >= 15 is 0 Å². The summed E-state index contributed by atoms with van der Waals surface area (Å²) < 4.78 is 22.5. The zero-order valence-corrected chi connectivity index (χ0v) is 71.0. The van der Waals surface area contributed by atoms with E-state index in [1.165, 1.54) is 43.1 Å². The lowest BCUT2D eigenvalue weighted by molar-refractivity contribution is 0.669. The van der Waals surface area contributed by atoms with Crippen molar-refractivity contribution >= 4 is 131 Å². The fraction of sp³-hybridized carbons (Fsp3) is 0. The summed E-state index contributed by atoms with van der Waals surface area (Å²) in [5.74, 6) is 3.81. The minimum absolute atomic E-state index is 0.622. The van der Waals surface area contributed by atoms with Crippen LogP contribution in [0.4, 0.5) is 0 Å². The number of furan rings is 2. The molecule has 0 bridgehead atoms. The maximum Gasteiger partial charge on any atom is 0.164 e. The Morgan fingerprint density at radius 2 is 0.394 bits per heavy atom. The smallest absolute Gasteiger partial charge is 0.164 e. The van der Waals surface area contributed by atoms with Gasteiger partial charge < -0.3 is 27.1 Å². The van der Waals surface area contributed by atoms with Crippen molar-refractivity contribution < 1.29 is 8.83 Å². The molecule has 0 aliphatic rings. The quantitative estimate of drug-likeness (QED) is 0.112. The number of aromatic nitrogens is 10. The summed E-state index contributed by atoms with van der Waals surface area (Å²) in [5.41, 5.74) is 29.3. The Hall–Kier alpha value is -18.0. The third kappa shape index (κ3) is 12.7.